The predicted molar refractivity (Wildman–Crippen MR) is 179 cm³/mol. The average Bonchev–Trinajstić information content (AvgIpc) is 3.48. The van der Waals surface area contributed by atoms with Gasteiger partial charge in [-0.05, 0) is 103 Å². The Morgan fingerprint density at radius 2 is 1.07 bits per heavy atom. The minimum Gasteiger partial charge on any atom is -0.456 e. The molecule has 1 aliphatic heterocycles. The summed E-state index contributed by atoms with van der Waals surface area (Å²) in [6.45, 7) is 8.31. The molecule has 0 saturated carbocycles. The summed E-state index contributed by atoms with van der Waals surface area (Å²) in [7, 11) is -0.413. The van der Waals surface area contributed by atoms with Crippen molar-refractivity contribution in [1.82, 2.24) is 0 Å². The summed E-state index contributed by atoms with van der Waals surface area (Å²) in [6, 6.07) is 34.8. The Kier molecular flexibility index (Phi) is 5.76. The maximum atomic E-state index is 13.8. The van der Waals surface area contributed by atoms with E-state index < -0.39 is 18.3 Å². The number of rotatable bonds is 3. The molecule has 7 aromatic rings. The fourth-order valence-electron chi connectivity index (χ4n) is 5.95. The molecule has 0 atom stereocenters. The number of thiophene rings is 1. The van der Waals surface area contributed by atoms with Crippen molar-refractivity contribution < 1.29 is 13.7 Å². The van der Waals surface area contributed by atoms with Crippen molar-refractivity contribution in [2.24, 2.45) is 0 Å². The summed E-state index contributed by atoms with van der Waals surface area (Å²) >= 11 is 1.78. The second-order valence-electron chi connectivity index (χ2n) is 12.4. The lowest BCUT2D eigenvalue weighted by Crippen LogP contribution is -2.41. The molecule has 6 heteroatoms. The first-order valence-corrected chi connectivity index (χ1v) is 15.4. The van der Waals surface area contributed by atoms with Crippen LogP contribution in [0.1, 0.15) is 27.7 Å². The highest BCUT2D eigenvalue weighted by atomic mass is 32.1. The van der Waals surface area contributed by atoms with Gasteiger partial charge in [-0.1, -0.05) is 60.7 Å². The van der Waals surface area contributed by atoms with E-state index >= 15 is 0 Å². The predicted octanol–water partition coefficient (Wildman–Crippen LogP) is 8.95. The zero-order valence-corrected chi connectivity index (χ0v) is 25.3. The normalized spacial score (nSPS) is 16.1. The highest BCUT2D eigenvalue weighted by molar-refractivity contribution is 7.25. The number of hydrogen-bond donors (Lipinski definition) is 0. The van der Waals surface area contributed by atoms with Crippen molar-refractivity contribution in [3.05, 3.63) is 113 Å². The smallest absolute Gasteiger partial charge is 0.456 e. The fraction of sp³-hybridized carbons (Fsp3) is 0.162. The molecule has 8 rings (SSSR count). The Bertz CT molecular complexity index is 2260. The van der Waals surface area contributed by atoms with Crippen LogP contribution in [-0.2, 0) is 9.31 Å². The maximum absolute atomic E-state index is 13.8. The van der Waals surface area contributed by atoms with Gasteiger partial charge in [0, 0.05) is 14.8 Å². The zero-order chi connectivity index (χ0) is 29.5. The molecule has 1 aliphatic rings. The van der Waals surface area contributed by atoms with Crippen molar-refractivity contribution in [1.29, 1.82) is 0 Å². The minimum atomic E-state index is -0.413. The van der Waals surface area contributed by atoms with Crippen molar-refractivity contribution in [2.75, 3.05) is 0 Å². The van der Waals surface area contributed by atoms with E-state index in [1.807, 2.05) is 66.7 Å². The highest BCUT2D eigenvalue weighted by Gasteiger charge is 2.51. The average molecular weight is 581 g/mol. The molecule has 0 radical (unpaired) electrons. The Balaban J connectivity index is 1.22. The molecule has 0 aliphatic carbocycles. The van der Waals surface area contributed by atoms with E-state index in [4.69, 9.17) is 13.7 Å². The summed E-state index contributed by atoms with van der Waals surface area (Å²) in [5.41, 5.74) is 5.46. The van der Waals surface area contributed by atoms with Crippen molar-refractivity contribution >= 4 is 66.0 Å². The Hall–Kier alpha value is -4.23. The first kappa shape index (κ1) is 26.4. The minimum absolute atomic E-state index is 0.0232. The first-order chi connectivity index (χ1) is 20.7. The van der Waals surface area contributed by atoms with Crippen LogP contribution in [0.2, 0.25) is 0 Å². The van der Waals surface area contributed by atoms with Gasteiger partial charge in [-0.15, -0.1) is 11.3 Å². The molecule has 43 heavy (non-hydrogen) atoms. The van der Waals surface area contributed by atoms with Gasteiger partial charge in [0.05, 0.1) is 22.0 Å². The second kappa shape index (κ2) is 9.39. The zero-order valence-electron chi connectivity index (χ0n) is 24.4. The summed E-state index contributed by atoms with van der Waals surface area (Å²) in [4.78, 5) is 13.8. The molecule has 1 fully saturated rings. The van der Waals surface area contributed by atoms with E-state index in [1.165, 1.54) is 20.2 Å². The van der Waals surface area contributed by atoms with Gasteiger partial charge in [0.2, 0.25) is 5.43 Å². The van der Waals surface area contributed by atoms with Crippen LogP contribution in [0.5, 0.6) is 0 Å². The maximum Gasteiger partial charge on any atom is 0.494 e. The van der Waals surface area contributed by atoms with Crippen LogP contribution in [0.15, 0.2) is 112 Å². The van der Waals surface area contributed by atoms with Crippen LogP contribution in [0, 0.1) is 0 Å². The molecule has 210 valence electrons. The van der Waals surface area contributed by atoms with E-state index in [9.17, 15) is 4.79 Å². The van der Waals surface area contributed by atoms with Gasteiger partial charge in [0.1, 0.15) is 11.2 Å². The third-order valence-electron chi connectivity index (χ3n) is 9.13. The Labute approximate surface area is 253 Å². The molecule has 0 bridgehead atoms. The van der Waals surface area contributed by atoms with Crippen molar-refractivity contribution in [3.8, 4) is 22.3 Å². The van der Waals surface area contributed by atoms with Gasteiger partial charge in [0.25, 0.3) is 0 Å². The highest BCUT2D eigenvalue weighted by Crippen LogP contribution is 2.39. The summed E-state index contributed by atoms with van der Waals surface area (Å²) in [5.74, 6) is 0. The van der Waals surface area contributed by atoms with Crippen LogP contribution in [-0.4, -0.2) is 18.3 Å². The van der Waals surface area contributed by atoms with Crippen LogP contribution >= 0.6 is 11.3 Å². The van der Waals surface area contributed by atoms with Crippen LogP contribution in [0.4, 0.5) is 0 Å². The van der Waals surface area contributed by atoms with E-state index in [-0.39, 0.29) is 5.43 Å². The third-order valence-corrected chi connectivity index (χ3v) is 10.3. The van der Waals surface area contributed by atoms with Crippen LogP contribution in [0.25, 0.3) is 64.4 Å². The topological polar surface area (TPSA) is 48.7 Å². The molecular formula is C37H29BO4S. The van der Waals surface area contributed by atoms with Gasteiger partial charge < -0.3 is 13.7 Å². The molecule has 2 aromatic heterocycles. The lowest BCUT2D eigenvalue weighted by atomic mass is 9.78. The largest absolute Gasteiger partial charge is 0.494 e. The van der Waals surface area contributed by atoms with Crippen LogP contribution < -0.4 is 10.9 Å². The SMILES string of the molecule is CC1(C)OB(c2ccc3sc4ccc(-c5ccc6oc7ccc(-c8ccccc8)cc7c(=O)c6c5)cc4c3c2)OC1(C)C. The number of hydrogen-bond acceptors (Lipinski definition) is 5. The van der Waals surface area contributed by atoms with Gasteiger partial charge in [0.15, 0.2) is 0 Å². The Morgan fingerprint density at radius 1 is 0.558 bits per heavy atom. The van der Waals surface area contributed by atoms with E-state index in [2.05, 4.69) is 64.1 Å². The van der Waals surface area contributed by atoms with Gasteiger partial charge >= 0.3 is 7.12 Å². The van der Waals surface area contributed by atoms with Crippen LogP contribution in [0.3, 0.4) is 0 Å². The molecular weight excluding hydrogens is 551 g/mol. The third kappa shape index (κ3) is 4.24. The quantitative estimate of drug-likeness (QED) is 0.155. The van der Waals surface area contributed by atoms with E-state index in [1.54, 1.807) is 11.3 Å². The molecule has 0 amide bonds. The van der Waals surface area contributed by atoms with Crippen molar-refractivity contribution in [3.63, 3.8) is 0 Å². The molecule has 0 N–H and O–H groups in total. The van der Waals surface area contributed by atoms with Gasteiger partial charge in [-0.25, -0.2) is 0 Å². The van der Waals surface area contributed by atoms with Gasteiger partial charge in [-0.3, -0.25) is 4.79 Å². The van der Waals surface area contributed by atoms with Gasteiger partial charge in [-0.2, -0.15) is 0 Å². The number of fused-ring (bicyclic) bond motifs is 5. The summed E-state index contributed by atoms with van der Waals surface area (Å²) in [5, 5.41) is 3.51. The monoisotopic (exact) mass is 580 g/mol. The second-order valence-corrected chi connectivity index (χ2v) is 13.5. The molecule has 0 unspecified atom stereocenters. The first-order valence-electron chi connectivity index (χ1n) is 14.6. The fourth-order valence-corrected chi connectivity index (χ4v) is 7.01. The Morgan fingerprint density at radius 3 is 1.70 bits per heavy atom. The molecule has 1 saturated heterocycles. The van der Waals surface area contributed by atoms with Crippen molar-refractivity contribution in [2.45, 2.75) is 38.9 Å². The standard InChI is InChI=1S/C37H29BO4S/c1-36(2)37(3,4)42-38(41-36)26-13-17-34-28(21-26)27-18-25(12-16-33(27)43-34)24-11-15-32-30(20-24)35(39)29-19-23(10-14-31(29)40-32)22-8-6-5-7-9-22/h5-21H,1-4H3. The molecule has 3 heterocycles. The number of benzene rings is 5. The summed E-state index contributed by atoms with van der Waals surface area (Å²) < 4.78 is 21.3. The lowest BCUT2D eigenvalue weighted by Gasteiger charge is -2.32. The summed E-state index contributed by atoms with van der Waals surface area (Å²) in [6.07, 6.45) is 0. The molecule has 0 spiro atoms. The molecule has 4 nitrogen and oxygen atoms in total. The molecule has 5 aromatic carbocycles. The van der Waals surface area contributed by atoms with E-state index in [0.717, 1.165) is 27.7 Å². The lowest BCUT2D eigenvalue weighted by molar-refractivity contribution is 0.00578. The van der Waals surface area contributed by atoms with E-state index in [0.29, 0.717) is 21.9 Å².